The Bertz CT molecular complexity index is 1480. The third-order valence-electron chi connectivity index (χ3n) is 7.19. The van der Waals surface area contributed by atoms with Gasteiger partial charge >= 0.3 is 5.97 Å². The van der Waals surface area contributed by atoms with Crippen LogP contribution in [0, 0.1) is 12.7 Å². The van der Waals surface area contributed by atoms with Crippen molar-refractivity contribution in [3.63, 3.8) is 0 Å². The van der Waals surface area contributed by atoms with Gasteiger partial charge in [0.2, 0.25) is 0 Å². The average molecular weight is 585 g/mol. The quantitative estimate of drug-likeness (QED) is 0.222. The maximum atomic E-state index is 15.1. The Morgan fingerprint density at radius 3 is 2.37 bits per heavy atom. The highest BCUT2D eigenvalue weighted by Crippen LogP contribution is 2.36. The van der Waals surface area contributed by atoms with E-state index in [0.717, 1.165) is 47.1 Å². The summed E-state index contributed by atoms with van der Waals surface area (Å²) in [7, 11) is -3.01. The zero-order chi connectivity index (χ0) is 29.4. The topological polar surface area (TPSA) is 99.1 Å². The molecule has 0 heterocycles. The summed E-state index contributed by atoms with van der Waals surface area (Å²) in [6.45, 7) is 4.19. The number of carboxylic acid groups (broad SMARTS) is 1. The Morgan fingerprint density at radius 1 is 0.902 bits per heavy atom. The number of rotatable bonds is 14. The van der Waals surface area contributed by atoms with Gasteiger partial charge in [-0.05, 0) is 97.2 Å². The number of benzene rings is 3. The number of aliphatic carboxylic acids is 1. The van der Waals surface area contributed by atoms with E-state index in [9.17, 15) is 13.2 Å². The third kappa shape index (κ3) is 8.45. The van der Waals surface area contributed by atoms with Gasteiger partial charge < -0.3 is 19.3 Å². The molecule has 1 aliphatic rings. The summed E-state index contributed by atoms with van der Waals surface area (Å²) >= 11 is 0. The lowest BCUT2D eigenvalue weighted by molar-refractivity contribution is -0.137. The van der Waals surface area contributed by atoms with E-state index in [1.807, 2.05) is 37.3 Å². The van der Waals surface area contributed by atoms with E-state index in [2.05, 4.69) is 0 Å². The van der Waals surface area contributed by atoms with Crippen LogP contribution in [0.2, 0.25) is 0 Å². The van der Waals surface area contributed by atoms with Crippen molar-refractivity contribution in [2.75, 3.05) is 24.7 Å². The first kappa shape index (κ1) is 30.4. The standard InChI is InChI=1S/C32H37FO7S/c1-3-41(36,37)16-6-15-38-26-12-13-28-23(17-26)7-4-8-24-19-30(33)25(18-29(24)28)21-40-27-11-10-22(2)31(20-27)39-14-5-9-32(34)35/h10-13,17-20H,3-9,14-16,21H2,1-2H3,(H,34,35). The van der Waals surface area contributed by atoms with E-state index in [1.165, 1.54) is 0 Å². The molecule has 0 spiro atoms. The molecule has 0 unspecified atom stereocenters. The molecular weight excluding hydrogens is 547 g/mol. The van der Waals surface area contributed by atoms with Gasteiger partial charge in [-0.3, -0.25) is 4.79 Å². The van der Waals surface area contributed by atoms with Gasteiger partial charge in [0, 0.05) is 23.8 Å². The molecule has 7 nitrogen and oxygen atoms in total. The predicted molar refractivity (Wildman–Crippen MR) is 156 cm³/mol. The van der Waals surface area contributed by atoms with Crippen LogP contribution in [0.5, 0.6) is 17.2 Å². The van der Waals surface area contributed by atoms with Crippen LogP contribution < -0.4 is 14.2 Å². The first-order valence-corrected chi connectivity index (χ1v) is 15.8. The van der Waals surface area contributed by atoms with E-state index in [1.54, 1.807) is 25.1 Å². The molecule has 4 rings (SSSR count). The van der Waals surface area contributed by atoms with Crippen molar-refractivity contribution in [3.05, 3.63) is 76.6 Å². The van der Waals surface area contributed by atoms with E-state index in [0.29, 0.717) is 42.3 Å². The van der Waals surface area contributed by atoms with Gasteiger partial charge in [-0.25, -0.2) is 12.8 Å². The molecule has 0 bridgehead atoms. The molecule has 3 aromatic carbocycles. The van der Waals surface area contributed by atoms with E-state index >= 15 is 4.39 Å². The summed E-state index contributed by atoms with van der Waals surface area (Å²) in [6.07, 6.45) is 3.35. The number of ether oxygens (including phenoxy) is 3. The number of halogens is 1. The fourth-order valence-electron chi connectivity index (χ4n) is 4.83. The normalized spacial score (nSPS) is 12.7. The summed E-state index contributed by atoms with van der Waals surface area (Å²) in [5, 5.41) is 8.81. The predicted octanol–water partition coefficient (Wildman–Crippen LogP) is 6.32. The SMILES string of the molecule is CCS(=O)(=O)CCCOc1ccc2c(c1)CCCc1cc(F)c(COc3ccc(C)c(OCCCC(=O)O)c3)cc1-2. The average Bonchev–Trinajstić information content (AvgIpc) is 3.11. The van der Waals surface area contributed by atoms with Crippen molar-refractivity contribution in [1.82, 2.24) is 0 Å². The summed E-state index contributed by atoms with van der Waals surface area (Å²) in [5.41, 5.74) is 5.42. The molecule has 0 aliphatic heterocycles. The van der Waals surface area contributed by atoms with Crippen molar-refractivity contribution in [1.29, 1.82) is 0 Å². The molecule has 220 valence electrons. The Hall–Kier alpha value is -3.59. The molecule has 0 fully saturated rings. The van der Waals surface area contributed by atoms with Gasteiger partial charge in [0.25, 0.3) is 0 Å². The molecule has 0 aromatic heterocycles. The molecule has 0 saturated heterocycles. The third-order valence-corrected chi connectivity index (χ3v) is 8.98. The second-order valence-electron chi connectivity index (χ2n) is 10.3. The smallest absolute Gasteiger partial charge is 0.303 e. The van der Waals surface area contributed by atoms with Crippen LogP contribution in [0.1, 0.15) is 54.9 Å². The molecule has 0 amide bonds. The van der Waals surface area contributed by atoms with E-state index < -0.39 is 15.8 Å². The largest absolute Gasteiger partial charge is 0.494 e. The minimum Gasteiger partial charge on any atom is -0.494 e. The zero-order valence-corrected chi connectivity index (χ0v) is 24.4. The maximum absolute atomic E-state index is 15.1. The minimum absolute atomic E-state index is 0.0375. The van der Waals surface area contributed by atoms with Crippen LogP contribution in [0.15, 0.2) is 48.5 Å². The molecule has 41 heavy (non-hydrogen) atoms. The van der Waals surface area contributed by atoms with Gasteiger partial charge in [-0.1, -0.05) is 19.1 Å². The molecule has 9 heteroatoms. The lowest BCUT2D eigenvalue weighted by atomic mass is 9.94. The van der Waals surface area contributed by atoms with Crippen LogP contribution in [0.4, 0.5) is 4.39 Å². The van der Waals surface area contributed by atoms with E-state index in [-0.39, 0.29) is 37.0 Å². The fourth-order valence-corrected chi connectivity index (χ4v) is 5.68. The van der Waals surface area contributed by atoms with Gasteiger partial charge in [0.1, 0.15) is 39.5 Å². The van der Waals surface area contributed by atoms with Crippen LogP contribution in [0.3, 0.4) is 0 Å². The first-order chi connectivity index (χ1) is 19.6. The van der Waals surface area contributed by atoms with Gasteiger partial charge in [-0.2, -0.15) is 0 Å². The van der Waals surface area contributed by atoms with E-state index in [4.69, 9.17) is 19.3 Å². The summed E-state index contributed by atoms with van der Waals surface area (Å²) in [6, 6.07) is 14.7. The number of fused-ring (bicyclic) bond motifs is 3. The van der Waals surface area contributed by atoms with Crippen LogP contribution in [-0.4, -0.2) is 44.2 Å². The summed E-state index contributed by atoms with van der Waals surface area (Å²) in [4.78, 5) is 10.7. The first-order valence-electron chi connectivity index (χ1n) is 14.0. The molecular formula is C32H37FO7S. The van der Waals surface area contributed by atoms with Crippen molar-refractivity contribution in [2.45, 2.75) is 59.0 Å². The van der Waals surface area contributed by atoms with Crippen molar-refractivity contribution in [3.8, 4) is 28.4 Å². The zero-order valence-electron chi connectivity index (χ0n) is 23.6. The fraction of sp³-hybridized carbons (Fsp3) is 0.406. The monoisotopic (exact) mass is 584 g/mol. The Morgan fingerprint density at radius 2 is 1.61 bits per heavy atom. The van der Waals surface area contributed by atoms with Gasteiger partial charge in [0.05, 0.1) is 19.0 Å². The molecule has 1 N–H and O–H groups in total. The highest BCUT2D eigenvalue weighted by Gasteiger charge is 2.19. The Labute approximate surface area is 241 Å². The number of sulfone groups is 1. The summed E-state index contributed by atoms with van der Waals surface area (Å²) < 4.78 is 56.1. The van der Waals surface area contributed by atoms with Crippen LogP contribution >= 0.6 is 0 Å². The van der Waals surface area contributed by atoms with Gasteiger partial charge in [0.15, 0.2) is 0 Å². The summed E-state index contributed by atoms with van der Waals surface area (Å²) in [5.74, 6) is 0.913. The maximum Gasteiger partial charge on any atom is 0.303 e. The second kappa shape index (κ2) is 13.9. The van der Waals surface area contributed by atoms with Crippen molar-refractivity contribution >= 4 is 15.8 Å². The number of carbonyl (C=O) groups is 1. The van der Waals surface area contributed by atoms with Crippen molar-refractivity contribution in [2.24, 2.45) is 0 Å². The van der Waals surface area contributed by atoms with Crippen LogP contribution in [0.25, 0.3) is 11.1 Å². The van der Waals surface area contributed by atoms with Crippen LogP contribution in [-0.2, 0) is 34.1 Å². The highest BCUT2D eigenvalue weighted by molar-refractivity contribution is 7.91. The lowest BCUT2D eigenvalue weighted by Gasteiger charge is -2.15. The minimum atomic E-state index is -3.01. The molecule has 1 aliphatic carbocycles. The van der Waals surface area contributed by atoms with Gasteiger partial charge in [-0.15, -0.1) is 0 Å². The lowest BCUT2D eigenvalue weighted by Crippen LogP contribution is -2.11. The molecule has 3 aromatic rings. The molecule has 0 saturated carbocycles. The number of carboxylic acids is 1. The molecule has 0 atom stereocenters. The number of aryl methyl sites for hydroxylation is 3. The highest BCUT2D eigenvalue weighted by atomic mass is 32.2. The molecule has 0 radical (unpaired) electrons. The number of hydrogen-bond donors (Lipinski definition) is 1. The Balaban J connectivity index is 1.45. The Kier molecular flexibility index (Phi) is 10.3. The second-order valence-corrected chi connectivity index (χ2v) is 12.7. The number of hydrogen-bond acceptors (Lipinski definition) is 6. The van der Waals surface area contributed by atoms with Crippen molar-refractivity contribution < 1.29 is 36.9 Å².